The lowest BCUT2D eigenvalue weighted by Gasteiger charge is -2.17. The van der Waals surface area contributed by atoms with Crippen LogP contribution in [0.5, 0.6) is 0 Å². The van der Waals surface area contributed by atoms with Crippen LogP contribution in [0.15, 0.2) is 11.7 Å². The van der Waals surface area contributed by atoms with Crippen molar-refractivity contribution in [3.8, 4) is 0 Å². The quantitative estimate of drug-likeness (QED) is 0.821. The molecule has 2 atom stereocenters. The first kappa shape index (κ1) is 10.1. The Morgan fingerprint density at radius 2 is 2.57 bits per heavy atom. The molecule has 0 spiro atoms. The van der Waals surface area contributed by atoms with Crippen molar-refractivity contribution in [1.29, 1.82) is 0 Å². The Morgan fingerprint density at radius 3 is 3.14 bits per heavy atom. The number of likely N-dealkylation sites (N-methyl/N-ethyl adjacent to an activating group) is 1. The van der Waals surface area contributed by atoms with Gasteiger partial charge in [0.25, 0.3) is 0 Å². The van der Waals surface area contributed by atoms with Gasteiger partial charge in [-0.1, -0.05) is 0 Å². The van der Waals surface area contributed by atoms with Gasteiger partial charge in [-0.25, -0.2) is 0 Å². The van der Waals surface area contributed by atoms with Crippen molar-refractivity contribution in [2.75, 3.05) is 20.1 Å². The molecule has 0 saturated carbocycles. The maximum atomic E-state index is 4.10. The molecule has 1 aliphatic heterocycles. The Morgan fingerprint density at radius 1 is 1.71 bits per heavy atom. The Labute approximate surface area is 89.1 Å². The molecule has 1 saturated heterocycles. The molecule has 78 valence electrons. The maximum Gasteiger partial charge on any atom is 0.0794 e. The average molecular weight is 211 g/mol. The zero-order chi connectivity index (χ0) is 9.97. The number of nitrogens with zero attached hydrogens (tertiary/aromatic N) is 2. The predicted octanol–water partition coefficient (Wildman–Crippen LogP) is 1.50. The van der Waals surface area contributed by atoms with Gasteiger partial charge in [0.15, 0.2) is 0 Å². The summed E-state index contributed by atoms with van der Waals surface area (Å²) in [6.07, 6.45) is 3.22. The highest BCUT2D eigenvalue weighted by atomic mass is 32.1. The van der Waals surface area contributed by atoms with Crippen LogP contribution >= 0.6 is 11.3 Å². The summed E-state index contributed by atoms with van der Waals surface area (Å²) in [6, 6.07) is 1.09. The lowest BCUT2D eigenvalue weighted by atomic mass is 10.2. The molecular weight excluding hydrogens is 194 g/mol. The molecule has 1 aromatic heterocycles. The molecule has 1 fully saturated rings. The molecule has 0 radical (unpaired) electrons. The molecule has 2 rings (SSSR count). The van der Waals surface area contributed by atoms with Crippen LogP contribution in [0.4, 0.5) is 0 Å². The average Bonchev–Trinajstić information content (AvgIpc) is 2.75. The predicted molar refractivity (Wildman–Crippen MR) is 59.6 cm³/mol. The lowest BCUT2D eigenvalue weighted by Crippen LogP contribution is -2.33. The van der Waals surface area contributed by atoms with Crippen LogP contribution in [0, 0.1) is 0 Å². The fourth-order valence-electron chi connectivity index (χ4n) is 1.95. The van der Waals surface area contributed by atoms with Gasteiger partial charge in [0, 0.05) is 29.7 Å². The smallest absolute Gasteiger partial charge is 0.0794 e. The second kappa shape index (κ2) is 4.38. The molecule has 1 N–H and O–H groups in total. The van der Waals surface area contributed by atoms with Crippen molar-refractivity contribution >= 4 is 11.3 Å². The molecule has 1 aliphatic rings. The van der Waals surface area contributed by atoms with Crippen LogP contribution < -0.4 is 5.32 Å². The molecule has 14 heavy (non-hydrogen) atoms. The Hall–Kier alpha value is -0.450. The molecule has 0 amide bonds. The summed E-state index contributed by atoms with van der Waals surface area (Å²) in [5, 5.41) is 3.64. The molecule has 1 aromatic rings. The van der Waals surface area contributed by atoms with Crippen LogP contribution in [0.2, 0.25) is 0 Å². The van der Waals surface area contributed by atoms with E-state index >= 15 is 0 Å². The van der Waals surface area contributed by atoms with Gasteiger partial charge in [0.1, 0.15) is 0 Å². The summed E-state index contributed by atoms with van der Waals surface area (Å²) < 4.78 is 0. The Kier molecular flexibility index (Phi) is 3.15. The summed E-state index contributed by atoms with van der Waals surface area (Å²) >= 11 is 1.73. The molecular formula is C10H17N3S. The molecule has 4 heteroatoms. The van der Waals surface area contributed by atoms with E-state index in [1.165, 1.54) is 24.4 Å². The van der Waals surface area contributed by atoms with Crippen molar-refractivity contribution < 1.29 is 0 Å². The van der Waals surface area contributed by atoms with Gasteiger partial charge in [-0.3, -0.25) is 4.98 Å². The minimum atomic E-state index is 0.444. The highest BCUT2D eigenvalue weighted by Gasteiger charge is 2.21. The van der Waals surface area contributed by atoms with Crippen LogP contribution in [0.3, 0.4) is 0 Å². The zero-order valence-corrected chi connectivity index (χ0v) is 9.55. The highest BCUT2D eigenvalue weighted by molar-refractivity contribution is 7.09. The van der Waals surface area contributed by atoms with E-state index in [1.54, 1.807) is 11.3 Å². The highest BCUT2D eigenvalue weighted by Crippen LogP contribution is 2.18. The van der Waals surface area contributed by atoms with Gasteiger partial charge in [0.05, 0.1) is 5.51 Å². The van der Waals surface area contributed by atoms with Gasteiger partial charge in [0.2, 0.25) is 0 Å². The van der Waals surface area contributed by atoms with Gasteiger partial charge in [-0.05, 0) is 26.9 Å². The van der Waals surface area contributed by atoms with Gasteiger partial charge < -0.3 is 10.2 Å². The second-order valence-corrected chi connectivity index (χ2v) is 4.96. The first-order chi connectivity index (χ1) is 6.75. The SMILES string of the molecule is CC(NC1CCN(C)C1)c1cncs1. The molecule has 3 nitrogen and oxygen atoms in total. The first-order valence-corrected chi connectivity index (χ1v) is 5.96. The number of aromatic nitrogens is 1. The fourth-order valence-corrected chi connectivity index (χ4v) is 2.58. The fraction of sp³-hybridized carbons (Fsp3) is 0.700. The molecule has 2 heterocycles. The van der Waals surface area contributed by atoms with E-state index < -0.39 is 0 Å². The molecule has 0 aromatic carbocycles. The van der Waals surface area contributed by atoms with Crippen molar-refractivity contribution in [2.24, 2.45) is 0 Å². The van der Waals surface area contributed by atoms with Gasteiger partial charge >= 0.3 is 0 Å². The number of thiazole rings is 1. The summed E-state index contributed by atoms with van der Waals surface area (Å²) in [6.45, 7) is 4.60. The first-order valence-electron chi connectivity index (χ1n) is 5.08. The van der Waals surface area contributed by atoms with Crippen LogP contribution in [0.1, 0.15) is 24.3 Å². The number of rotatable bonds is 3. The number of hydrogen-bond acceptors (Lipinski definition) is 4. The van der Waals surface area contributed by atoms with E-state index in [4.69, 9.17) is 0 Å². The second-order valence-electron chi connectivity index (χ2n) is 4.04. The minimum Gasteiger partial charge on any atom is -0.305 e. The molecule has 0 bridgehead atoms. The Bertz CT molecular complexity index is 273. The van der Waals surface area contributed by atoms with Gasteiger partial charge in [-0.2, -0.15) is 0 Å². The molecule has 0 aliphatic carbocycles. The number of hydrogen-bond donors (Lipinski definition) is 1. The van der Waals surface area contributed by atoms with Crippen LogP contribution in [-0.4, -0.2) is 36.1 Å². The van der Waals surface area contributed by atoms with Crippen LogP contribution in [0.25, 0.3) is 0 Å². The number of likely N-dealkylation sites (tertiary alicyclic amines) is 1. The van der Waals surface area contributed by atoms with Crippen molar-refractivity contribution in [3.05, 3.63) is 16.6 Å². The molecule has 2 unspecified atom stereocenters. The van der Waals surface area contributed by atoms with Crippen molar-refractivity contribution in [3.63, 3.8) is 0 Å². The Balaban J connectivity index is 1.86. The maximum absolute atomic E-state index is 4.10. The lowest BCUT2D eigenvalue weighted by molar-refractivity contribution is 0.388. The van der Waals surface area contributed by atoms with E-state index in [2.05, 4.69) is 29.2 Å². The summed E-state index contributed by atoms with van der Waals surface area (Å²) in [4.78, 5) is 7.81. The van der Waals surface area contributed by atoms with Crippen molar-refractivity contribution in [1.82, 2.24) is 15.2 Å². The van der Waals surface area contributed by atoms with E-state index in [0.29, 0.717) is 12.1 Å². The summed E-state index contributed by atoms with van der Waals surface area (Å²) in [7, 11) is 2.18. The summed E-state index contributed by atoms with van der Waals surface area (Å²) in [5.41, 5.74) is 1.90. The number of nitrogens with one attached hydrogen (secondary N) is 1. The summed E-state index contributed by atoms with van der Waals surface area (Å²) in [5.74, 6) is 0. The van der Waals surface area contributed by atoms with Crippen molar-refractivity contribution in [2.45, 2.75) is 25.4 Å². The third-order valence-corrected chi connectivity index (χ3v) is 3.71. The normalized spacial score (nSPS) is 25.4. The zero-order valence-electron chi connectivity index (χ0n) is 8.73. The van der Waals surface area contributed by atoms with Gasteiger partial charge in [-0.15, -0.1) is 11.3 Å². The minimum absolute atomic E-state index is 0.444. The third-order valence-electron chi connectivity index (χ3n) is 2.76. The standard InChI is InChI=1S/C10H17N3S/c1-8(10-5-11-7-14-10)12-9-3-4-13(2)6-9/h5,7-9,12H,3-4,6H2,1-2H3. The van der Waals surface area contributed by atoms with E-state index in [0.717, 1.165) is 0 Å². The monoisotopic (exact) mass is 211 g/mol. The van der Waals surface area contributed by atoms with E-state index in [9.17, 15) is 0 Å². The third kappa shape index (κ3) is 2.32. The van der Waals surface area contributed by atoms with Crippen LogP contribution in [-0.2, 0) is 0 Å². The topological polar surface area (TPSA) is 28.2 Å². The van der Waals surface area contributed by atoms with E-state index in [1.807, 2.05) is 11.7 Å². The largest absolute Gasteiger partial charge is 0.305 e. The van der Waals surface area contributed by atoms with E-state index in [-0.39, 0.29) is 0 Å².